The average Bonchev–Trinajstić information content (AvgIpc) is 2.97. The Balaban J connectivity index is 2.39. The number of carbonyl (C=O) groups excluding carboxylic acids is 3. The minimum Gasteiger partial charge on any atom is -0.467 e. The quantitative estimate of drug-likeness (QED) is 0.629. The molecule has 3 atom stereocenters. The van der Waals surface area contributed by atoms with Crippen LogP contribution in [0.4, 0.5) is 4.79 Å². The van der Waals surface area contributed by atoms with Gasteiger partial charge < -0.3 is 19.7 Å². The SMILES string of the molecule is COC(=O)C1CC2(CCCCCC2(C)C)CN1C(=O)C(NC(=O)OC(C)(C)C)C(C)(C)C. The van der Waals surface area contributed by atoms with Crippen LogP contribution in [-0.4, -0.2) is 54.2 Å². The Labute approximate surface area is 194 Å². The maximum Gasteiger partial charge on any atom is 0.408 e. The van der Waals surface area contributed by atoms with Crippen LogP contribution in [0.3, 0.4) is 0 Å². The van der Waals surface area contributed by atoms with E-state index in [1.54, 1.807) is 25.7 Å². The first kappa shape index (κ1) is 26.5. The highest BCUT2D eigenvalue weighted by Gasteiger charge is 2.57. The van der Waals surface area contributed by atoms with E-state index < -0.39 is 29.2 Å². The number of hydrogen-bond acceptors (Lipinski definition) is 5. The molecule has 7 heteroatoms. The third kappa shape index (κ3) is 5.76. The number of ether oxygens (including phenoxy) is 2. The number of nitrogens with one attached hydrogen (secondary N) is 1. The molecule has 2 rings (SSSR count). The Morgan fingerprint density at radius 3 is 2.12 bits per heavy atom. The van der Waals surface area contributed by atoms with Crippen molar-refractivity contribution in [2.75, 3.05) is 13.7 Å². The number of likely N-dealkylation sites (tertiary alicyclic amines) is 1. The van der Waals surface area contributed by atoms with Gasteiger partial charge in [-0.05, 0) is 56.3 Å². The van der Waals surface area contributed by atoms with Gasteiger partial charge in [0, 0.05) is 6.54 Å². The molecular formula is C25H44N2O5. The predicted molar refractivity (Wildman–Crippen MR) is 124 cm³/mol. The van der Waals surface area contributed by atoms with Crippen molar-refractivity contribution in [3.05, 3.63) is 0 Å². The molecule has 0 radical (unpaired) electrons. The van der Waals surface area contributed by atoms with Crippen molar-refractivity contribution in [3.63, 3.8) is 0 Å². The van der Waals surface area contributed by atoms with Gasteiger partial charge in [0.2, 0.25) is 5.91 Å². The highest BCUT2D eigenvalue weighted by Crippen LogP contribution is 2.56. The van der Waals surface area contributed by atoms with E-state index in [-0.39, 0.29) is 22.7 Å². The molecule has 1 aliphatic heterocycles. The van der Waals surface area contributed by atoms with Gasteiger partial charge in [0.05, 0.1) is 7.11 Å². The number of amides is 2. The van der Waals surface area contributed by atoms with Crippen LogP contribution in [0.1, 0.15) is 93.9 Å². The zero-order valence-corrected chi connectivity index (χ0v) is 21.6. The zero-order valence-electron chi connectivity index (χ0n) is 21.6. The van der Waals surface area contributed by atoms with Crippen molar-refractivity contribution in [2.24, 2.45) is 16.2 Å². The number of methoxy groups -OCH3 is 1. The molecule has 1 spiro atoms. The van der Waals surface area contributed by atoms with Gasteiger partial charge in [-0.3, -0.25) is 4.79 Å². The summed E-state index contributed by atoms with van der Waals surface area (Å²) < 4.78 is 10.5. The fraction of sp³-hybridized carbons (Fsp3) is 0.880. The van der Waals surface area contributed by atoms with Crippen LogP contribution in [0, 0.1) is 16.2 Å². The van der Waals surface area contributed by atoms with E-state index in [2.05, 4.69) is 19.2 Å². The van der Waals surface area contributed by atoms with Crippen LogP contribution in [-0.2, 0) is 19.1 Å². The first-order chi connectivity index (χ1) is 14.5. The molecule has 1 N–H and O–H groups in total. The molecular weight excluding hydrogens is 408 g/mol. The molecule has 32 heavy (non-hydrogen) atoms. The number of alkyl carbamates (subject to hydrolysis) is 1. The van der Waals surface area contributed by atoms with Crippen LogP contribution < -0.4 is 5.32 Å². The van der Waals surface area contributed by atoms with Crippen LogP contribution in [0.2, 0.25) is 0 Å². The monoisotopic (exact) mass is 452 g/mol. The Hall–Kier alpha value is -1.79. The number of carbonyl (C=O) groups is 3. The summed E-state index contributed by atoms with van der Waals surface area (Å²) in [6.45, 7) is 16.1. The fourth-order valence-electron chi connectivity index (χ4n) is 5.28. The second-order valence-corrected chi connectivity index (χ2v) is 12.4. The molecule has 1 heterocycles. The van der Waals surface area contributed by atoms with Crippen molar-refractivity contribution in [1.29, 1.82) is 0 Å². The smallest absolute Gasteiger partial charge is 0.408 e. The minimum atomic E-state index is -0.825. The largest absolute Gasteiger partial charge is 0.467 e. The van der Waals surface area contributed by atoms with Crippen molar-refractivity contribution in [2.45, 2.75) is 112 Å². The van der Waals surface area contributed by atoms with Gasteiger partial charge >= 0.3 is 12.1 Å². The summed E-state index contributed by atoms with van der Waals surface area (Å²) >= 11 is 0. The summed E-state index contributed by atoms with van der Waals surface area (Å²) in [5.74, 6) is -0.643. The molecule has 2 aliphatic rings. The number of rotatable bonds is 3. The van der Waals surface area contributed by atoms with Gasteiger partial charge in [0.15, 0.2) is 0 Å². The molecule has 0 aromatic carbocycles. The minimum absolute atomic E-state index is 0.000619. The van der Waals surface area contributed by atoms with Crippen molar-refractivity contribution < 1.29 is 23.9 Å². The zero-order chi connectivity index (χ0) is 24.5. The number of nitrogens with zero attached hydrogens (tertiary/aromatic N) is 1. The van der Waals surface area contributed by atoms with Gasteiger partial charge in [-0.2, -0.15) is 0 Å². The highest BCUT2D eigenvalue weighted by molar-refractivity contribution is 5.91. The fourth-order valence-corrected chi connectivity index (χ4v) is 5.28. The van der Waals surface area contributed by atoms with Gasteiger partial charge in [0.25, 0.3) is 0 Å². The lowest BCUT2D eigenvalue weighted by Gasteiger charge is -2.43. The Bertz CT molecular complexity index is 719. The molecule has 0 bridgehead atoms. The molecule has 1 aliphatic carbocycles. The van der Waals surface area contributed by atoms with Crippen LogP contribution in [0.15, 0.2) is 0 Å². The number of hydrogen-bond donors (Lipinski definition) is 1. The molecule has 2 amide bonds. The normalized spacial score (nSPS) is 26.9. The average molecular weight is 453 g/mol. The van der Waals surface area contributed by atoms with Gasteiger partial charge in [0.1, 0.15) is 17.7 Å². The highest BCUT2D eigenvalue weighted by atomic mass is 16.6. The van der Waals surface area contributed by atoms with Crippen LogP contribution in [0.25, 0.3) is 0 Å². The van der Waals surface area contributed by atoms with E-state index in [0.29, 0.717) is 13.0 Å². The third-order valence-corrected chi connectivity index (χ3v) is 7.36. The molecule has 0 aromatic heterocycles. The summed E-state index contributed by atoms with van der Waals surface area (Å²) in [6.07, 6.45) is 5.45. The molecule has 1 saturated heterocycles. The molecule has 184 valence electrons. The summed E-state index contributed by atoms with van der Waals surface area (Å²) in [7, 11) is 1.37. The summed E-state index contributed by atoms with van der Waals surface area (Å²) in [6, 6.07) is -1.47. The Morgan fingerprint density at radius 2 is 1.59 bits per heavy atom. The summed E-state index contributed by atoms with van der Waals surface area (Å²) in [5, 5.41) is 2.79. The van der Waals surface area contributed by atoms with E-state index in [0.717, 1.165) is 25.7 Å². The lowest BCUT2D eigenvalue weighted by atomic mass is 9.61. The molecule has 7 nitrogen and oxygen atoms in total. The Kier molecular flexibility index (Phi) is 7.62. The first-order valence-electron chi connectivity index (χ1n) is 11.9. The maximum atomic E-state index is 13.9. The molecule has 1 saturated carbocycles. The summed E-state index contributed by atoms with van der Waals surface area (Å²) in [5.41, 5.74) is -1.39. The second-order valence-electron chi connectivity index (χ2n) is 12.4. The van der Waals surface area contributed by atoms with Crippen molar-refractivity contribution >= 4 is 18.0 Å². The maximum absolute atomic E-state index is 13.9. The summed E-state index contributed by atoms with van der Waals surface area (Å²) in [4.78, 5) is 40.9. The number of esters is 1. The third-order valence-electron chi connectivity index (χ3n) is 7.36. The van der Waals surface area contributed by atoms with E-state index >= 15 is 0 Å². The van der Waals surface area contributed by atoms with E-state index in [1.165, 1.54) is 13.5 Å². The second kappa shape index (κ2) is 9.22. The van der Waals surface area contributed by atoms with Crippen LogP contribution in [0.5, 0.6) is 0 Å². The van der Waals surface area contributed by atoms with Gasteiger partial charge in [-0.15, -0.1) is 0 Å². The topological polar surface area (TPSA) is 84.9 Å². The molecule has 0 aromatic rings. The first-order valence-corrected chi connectivity index (χ1v) is 11.9. The van der Waals surface area contributed by atoms with Crippen molar-refractivity contribution in [1.82, 2.24) is 10.2 Å². The van der Waals surface area contributed by atoms with Crippen LogP contribution >= 0.6 is 0 Å². The lowest BCUT2D eigenvalue weighted by molar-refractivity contribution is -0.152. The molecule has 3 unspecified atom stereocenters. The predicted octanol–water partition coefficient (Wildman–Crippen LogP) is 4.68. The van der Waals surface area contributed by atoms with E-state index in [1.807, 2.05) is 20.8 Å². The van der Waals surface area contributed by atoms with Gasteiger partial charge in [-0.1, -0.05) is 53.9 Å². The van der Waals surface area contributed by atoms with E-state index in [9.17, 15) is 14.4 Å². The standard InChI is InChI=1S/C25H44N2O5/c1-22(2,3)18(26-21(30)32-23(4,5)6)19(28)27-16-25(15-17(27)20(29)31-9)14-12-10-11-13-24(25,7)8/h17-18H,10-16H2,1-9H3,(H,26,30). The van der Waals surface area contributed by atoms with Gasteiger partial charge in [-0.25, -0.2) is 9.59 Å². The molecule has 2 fully saturated rings. The van der Waals surface area contributed by atoms with E-state index in [4.69, 9.17) is 9.47 Å². The Morgan fingerprint density at radius 1 is 1.00 bits per heavy atom. The van der Waals surface area contributed by atoms with Crippen molar-refractivity contribution in [3.8, 4) is 0 Å². The lowest BCUT2D eigenvalue weighted by Crippen LogP contribution is -2.57.